The molecular weight excluding hydrogens is 1380 g/mol. The van der Waals surface area contributed by atoms with E-state index in [9.17, 15) is 19.2 Å². The molecule has 14 rings (SSSR count). The molecule has 6 aromatic carbocycles. The smallest absolute Gasteiger partial charge is 0.352 e. The summed E-state index contributed by atoms with van der Waals surface area (Å²) in [5.41, 5.74) is 5.59. The predicted octanol–water partition coefficient (Wildman–Crippen LogP) is 13.5. The van der Waals surface area contributed by atoms with Gasteiger partial charge in [0.2, 0.25) is 0 Å². The van der Waals surface area contributed by atoms with Crippen molar-refractivity contribution in [3.63, 3.8) is 0 Å². The molecule has 104 heavy (non-hydrogen) atoms. The number of rotatable bonds is 24. The maximum absolute atomic E-state index is 11.3. The highest BCUT2D eigenvalue weighted by atomic mass is 32.5. The summed E-state index contributed by atoms with van der Waals surface area (Å²) in [7, 11) is -2.80. The summed E-state index contributed by atoms with van der Waals surface area (Å²) in [5.74, 6) is -0.641. The first-order chi connectivity index (χ1) is 49.7. The summed E-state index contributed by atoms with van der Waals surface area (Å²) in [6, 6.07) is 61.5. The zero-order chi connectivity index (χ0) is 72.9. The zero-order valence-electron chi connectivity index (χ0n) is 59.7. The molecule has 4 aliphatic rings. The van der Waals surface area contributed by atoms with Gasteiger partial charge in [0.05, 0.1) is 29.8 Å². The number of anilines is 2. The van der Waals surface area contributed by atoms with Gasteiger partial charge in [0.15, 0.2) is 35.3 Å². The molecule has 4 saturated heterocycles. The Morgan fingerprint density at radius 2 is 0.779 bits per heavy atom. The third-order valence-electron chi connectivity index (χ3n) is 18.8. The highest BCUT2D eigenvalue weighted by Gasteiger charge is 2.59. The Morgan fingerprint density at radius 1 is 0.490 bits per heavy atom. The van der Waals surface area contributed by atoms with Gasteiger partial charge < -0.3 is 63.2 Å². The molecule has 3 unspecified atom stereocenters. The van der Waals surface area contributed by atoms with Crippen LogP contribution in [0.1, 0.15) is 123 Å². The van der Waals surface area contributed by atoms with E-state index in [2.05, 4.69) is 162 Å². The number of ether oxygens (including phenoxy) is 6. The second-order valence-corrected chi connectivity index (χ2v) is 29.3. The van der Waals surface area contributed by atoms with Gasteiger partial charge in [-0.2, -0.15) is 10.2 Å². The van der Waals surface area contributed by atoms with Crippen molar-refractivity contribution in [2.24, 2.45) is 0 Å². The summed E-state index contributed by atoms with van der Waals surface area (Å²) in [5, 5.41) is 18.4. The molecule has 27 heteroatoms. The molecule has 0 amide bonds. The summed E-state index contributed by atoms with van der Waals surface area (Å²) in [6.07, 6.45) is 1.35. The average Bonchev–Trinajstić information content (AvgIpc) is 1.65. The lowest BCUT2D eigenvalue weighted by atomic mass is 9.77. The van der Waals surface area contributed by atoms with Crippen LogP contribution in [0.2, 0.25) is 0 Å². The highest BCUT2D eigenvalue weighted by Crippen LogP contribution is 2.49. The van der Waals surface area contributed by atoms with Gasteiger partial charge in [0.25, 0.3) is 0 Å². The molecule has 4 aromatic heterocycles. The number of benzene rings is 6. The number of aromatic nitrogens is 8. The second kappa shape index (κ2) is 35.1. The Balaban J connectivity index is 0.000000187. The summed E-state index contributed by atoms with van der Waals surface area (Å²) in [6.45, 7) is 23.3. The molecule has 552 valence electrons. The van der Waals surface area contributed by atoms with E-state index in [1.54, 1.807) is 21.8 Å². The van der Waals surface area contributed by atoms with Crippen LogP contribution in [-0.2, 0) is 64.9 Å². The standard InChI is InChI=1S/C32H32N5O6PS.C32H30N5O6P.2C6H15N.CH4/c1-31(2)42-26-25(19-40-44(38,39)45)41-30(27(26)43-31)37-29-24(18-35-37)28(33-20-34-29)36-32(21-12-6-3-7-13-21,22-14-8-4-9-15-22)23-16-10-5-11-17-23;1-31(2)42-26-25(19-40-44(38)39)41-30(27(26)43-31)37-29-24(18-35-37)28(33-20-34-29)36-32(21-12-6-3-7-13-21,22-14-8-4-9-15-22)23-16-10-5-11-17-23;2*1-4-7(5-2)6-3;/h3-18,20,25-27,30H,19H2,1-2H3,(H,33,34,36)(H2,38,39,45);3-18,20,25-27,30H,19H2,1-2H3,(H-,33,34,36,38,39);2*4-6H2,1-3H3;1H4/p+1/t2*25-,26+,27?,30-;;;/m11.../s1. The summed E-state index contributed by atoms with van der Waals surface area (Å²) < 4.78 is 62.0. The van der Waals surface area contributed by atoms with Crippen LogP contribution in [0.15, 0.2) is 207 Å². The van der Waals surface area contributed by atoms with Crippen molar-refractivity contribution >= 4 is 60.5 Å². The van der Waals surface area contributed by atoms with Gasteiger partial charge in [0, 0.05) is 4.57 Å². The van der Waals surface area contributed by atoms with Crippen LogP contribution in [0.25, 0.3) is 22.1 Å². The van der Waals surface area contributed by atoms with Crippen molar-refractivity contribution in [3.05, 3.63) is 240 Å². The average molecular weight is 1480 g/mol. The van der Waals surface area contributed by atoms with Gasteiger partial charge in [-0.1, -0.05) is 231 Å². The topological polar surface area (TPSA) is 269 Å². The maximum Gasteiger partial charge on any atom is 0.694 e. The van der Waals surface area contributed by atoms with Crippen LogP contribution in [-0.4, -0.2) is 165 Å². The first kappa shape index (κ1) is 78.8. The van der Waals surface area contributed by atoms with E-state index in [4.69, 9.17) is 52.5 Å². The first-order valence-electron chi connectivity index (χ1n) is 34.9. The fourth-order valence-corrected chi connectivity index (χ4v) is 14.6. The minimum atomic E-state index is -3.90. The number of hydrogen-bond donors (Lipinski definition) is 5. The number of fused-ring (bicyclic) bond motifs is 4. The lowest BCUT2D eigenvalue weighted by molar-refractivity contribution is -0.200. The lowest BCUT2D eigenvalue weighted by Crippen LogP contribution is -2.38. The molecule has 5 N–H and O–H groups in total. The Morgan fingerprint density at radius 3 is 1.05 bits per heavy atom. The van der Waals surface area contributed by atoms with E-state index in [0.29, 0.717) is 33.7 Å². The Bertz CT molecular complexity index is 4160. The monoisotopic (exact) mass is 1480 g/mol. The van der Waals surface area contributed by atoms with Gasteiger partial charge in [-0.3, -0.25) is 0 Å². The normalized spacial score (nSPS) is 21.0. The molecule has 0 radical (unpaired) electrons. The fourth-order valence-electron chi connectivity index (χ4n) is 13.8. The molecule has 0 bridgehead atoms. The van der Waals surface area contributed by atoms with Crippen molar-refractivity contribution in [2.75, 3.05) is 63.1 Å². The van der Waals surface area contributed by atoms with Crippen LogP contribution >= 0.6 is 15.0 Å². The van der Waals surface area contributed by atoms with Gasteiger partial charge >= 0.3 is 15.0 Å². The third-order valence-corrected chi connectivity index (χ3v) is 20.0. The van der Waals surface area contributed by atoms with Crippen LogP contribution in [0.5, 0.6) is 0 Å². The van der Waals surface area contributed by atoms with Crippen molar-refractivity contribution < 1.29 is 56.7 Å². The van der Waals surface area contributed by atoms with E-state index in [1.165, 1.54) is 51.9 Å². The molecule has 0 spiro atoms. The van der Waals surface area contributed by atoms with Crippen LogP contribution in [0.3, 0.4) is 0 Å². The van der Waals surface area contributed by atoms with E-state index < -0.39 is 86.7 Å². The molecule has 10 aromatic rings. The van der Waals surface area contributed by atoms with Crippen molar-refractivity contribution in [1.29, 1.82) is 0 Å². The van der Waals surface area contributed by atoms with Gasteiger partial charge in [0.1, 0.15) is 78.6 Å². The number of hydrogen-bond acceptors (Lipinski definition) is 20. The van der Waals surface area contributed by atoms with Crippen LogP contribution in [0, 0.1) is 0 Å². The molecule has 8 heterocycles. The highest BCUT2D eigenvalue weighted by molar-refractivity contribution is 8.06. The Hall–Kier alpha value is -7.75. The zero-order valence-corrected chi connectivity index (χ0v) is 62.3. The largest absolute Gasteiger partial charge is 0.694 e. The van der Waals surface area contributed by atoms with Crippen LogP contribution < -0.4 is 10.6 Å². The predicted molar refractivity (Wildman–Crippen MR) is 406 cm³/mol. The minimum Gasteiger partial charge on any atom is -0.352 e. The van der Waals surface area contributed by atoms with E-state index in [1.807, 2.05) is 137 Å². The lowest BCUT2D eigenvalue weighted by Gasteiger charge is -2.37. The summed E-state index contributed by atoms with van der Waals surface area (Å²) >= 11 is 4.65. The van der Waals surface area contributed by atoms with Crippen LogP contribution in [0.4, 0.5) is 11.6 Å². The minimum absolute atomic E-state index is 0. The van der Waals surface area contributed by atoms with Gasteiger partial charge in [-0.05, 0) is 112 Å². The second-order valence-electron chi connectivity index (χ2n) is 25.9. The first-order valence-corrected chi connectivity index (χ1v) is 38.7. The van der Waals surface area contributed by atoms with Crippen molar-refractivity contribution in [3.8, 4) is 0 Å². The molecule has 4 aliphatic heterocycles. The maximum atomic E-state index is 11.3. The molecule has 0 aliphatic carbocycles. The molecule has 4 fully saturated rings. The summed E-state index contributed by atoms with van der Waals surface area (Å²) in [4.78, 5) is 52.0. The Kier molecular flexibility index (Phi) is 26.6. The molecular formula is C77H97N12O12P2S+. The third kappa shape index (κ3) is 17.7. The van der Waals surface area contributed by atoms with Gasteiger partial charge in [-0.15, -0.1) is 9.42 Å². The van der Waals surface area contributed by atoms with E-state index in [-0.39, 0.29) is 20.6 Å². The van der Waals surface area contributed by atoms with E-state index in [0.717, 1.165) is 33.4 Å². The Labute approximate surface area is 615 Å². The SMILES string of the molecule is C.CC1(C)OC2[C@@H](O1)[C@@H](COP(O)(O)=S)O[C@H]2n1ncc2c(NC(c3ccccc3)(c3ccccc3)c3ccccc3)ncnc21.CC1(C)OC2[C@@H](O1)[C@@H](CO[P+](=O)O)O[C@H]2n1ncc2c(NC(c3ccccc3)(c3ccccc3)c3ccccc3)ncnc21.CCN(CC)CC.CCN(CC)CC. The van der Waals surface area contributed by atoms with E-state index >= 15 is 0 Å². The van der Waals surface area contributed by atoms with Crippen molar-refractivity contribution in [1.82, 2.24) is 49.3 Å². The molecule has 9 atom stereocenters. The number of nitrogens with zero attached hydrogens (tertiary/aromatic N) is 10. The van der Waals surface area contributed by atoms with Crippen molar-refractivity contribution in [2.45, 2.75) is 148 Å². The molecule has 24 nitrogen and oxygen atoms in total. The quantitative estimate of drug-likeness (QED) is 0.0278. The molecule has 0 saturated carbocycles. The van der Waals surface area contributed by atoms with Gasteiger partial charge in [-0.25, -0.2) is 29.3 Å². The fraction of sp³-hybridized carbons (Fsp3) is 0.403. The number of nitrogens with one attached hydrogen (secondary N) is 2.